The number of amides is 2. The van der Waals surface area contributed by atoms with Gasteiger partial charge < -0.3 is 40.8 Å². The highest BCUT2D eigenvalue weighted by atomic mass is 32.1. The highest BCUT2D eigenvalue weighted by Gasteiger charge is 2.15. The zero-order valence-corrected chi connectivity index (χ0v) is 25.0. The maximum absolute atomic E-state index is 12.4. The fraction of sp³-hybridized carbons (Fsp3) is 0.323. The van der Waals surface area contributed by atoms with Crippen molar-refractivity contribution >= 4 is 52.1 Å². The quantitative estimate of drug-likeness (QED) is 0.121. The summed E-state index contributed by atoms with van der Waals surface area (Å²) < 4.78 is 16.0. The monoisotopic (exact) mass is 593 g/mol. The zero-order chi connectivity index (χ0) is 30.2. The molecule has 10 nitrogen and oxygen atoms in total. The van der Waals surface area contributed by atoms with E-state index in [0.717, 1.165) is 22.7 Å². The van der Waals surface area contributed by atoms with Gasteiger partial charge in [0.15, 0.2) is 5.11 Å². The van der Waals surface area contributed by atoms with Crippen LogP contribution in [0, 0.1) is 0 Å². The molecule has 0 aliphatic rings. The standard InChI is InChI=1S/C31H39N5O5S/c1-31(2,3)41-30(38)33-18-20-40-22-21-39-19-17-32-28(37)23-9-11-26(12-10-23)35-29(42)36-27-15-13-25(14-16-27)34-24-7-5-4-6-8-24/h4-16,34H,17-22H2,1-3H3,(H,32,37)(H,33,38)(H2,35,36,42). The Morgan fingerprint density at radius 1 is 0.667 bits per heavy atom. The minimum absolute atomic E-state index is 0.195. The van der Waals surface area contributed by atoms with Gasteiger partial charge >= 0.3 is 6.09 Å². The molecule has 3 aromatic carbocycles. The summed E-state index contributed by atoms with van der Waals surface area (Å²) in [5, 5.41) is 15.5. The number of carbonyl (C=O) groups is 2. The molecule has 0 atom stereocenters. The molecule has 0 radical (unpaired) electrons. The van der Waals surface area contributed by atoms with Crippen LogP contribution in [0.3, 0.4) is 0 Å². The maximum atomic E-state index is 12.4. The molecule has 42 heavy (non-hydrogen) atoms. The lowest BCUT2D eigenvalue weighted by atomic mass is 10.2. The van der Waals surface area contributed by atoms with E-state index in [1.807, 2.05) is 54.6 Å². The Morgan fingerprint density at radius 3 is 1.74 bits per heavy atom. The lowest BCUT2D eigenvalue weighted by molar-refractivity contribution is 0.0400. The second-order valence-corrected chi connectivity index (χ2v) is 10.5. The third-order valence-corrected chi connectivity index (χ3v) is 5.63. The molecule has 3 aromatic rings. The first-order chi connectivity index (χ1) is 20.2. The van der Waals surface area contributed by atoms with Gasteiger partial charge in [0.05, 0.1) is 26.4 Å². The molecule has 0 bridgehead atoms. The minimum Gasteiger partial charge on any atom is -0.444 e. The molecule has 11 heteroatoms. The largest absolute Gasteiger partial charge is 0.444 e. The third-order valence-electron chi connectivity index (χ3n) is 5.43. The second-order valence-electron chi connectivity index (χ2n) is 10.1. The predicted molar refractivity (Wildman–Crippen MR) is 171 cm³/mol. The lowest BCUT2D eigenvalue weighted by Gasteiger charge is -2.19. The van der Waals surface area contributed by atoms with E-state index in [1.165, 1.54) is 0 Å². The first kappa shape index (κ1) is 32.3. The smallest absolute Gasteiger partial charge is 0.407 e. The molecule has 0 aliphatic heterocycles. The van der Waals surface area contributed by atoms with Crippen molar-refractivity contribution in [1.82, 2.24) is 10.6 Å². The predicted octanol–water partition coefficient (Wildman–Crippen LogP) is 5.53. The molecule has 224 valence electrons. The number of nitrogens with one attached hydrogen (secondary N) is 5. The average Bonchev–Trinajstić information content (AvgIpc) is 2.95. The number of para-hydroxylation sites is 1. The van der Waals surface area contributed by atoms with Crippen molar-refractivity contribution in [3.05, 3.63) is 84.4 Å². The van der Waals surface area contributed by atoms with E-state index in [4.69, 9.17) is 26.4 Å². The number of benzene rings is 3. The van der Waals surface area contributed by atoms with Gasteiger partial charge in [0.25, 0.3) is 5.91 Å². The summed E-state index contributed by atoms with van der Waals surface area (Å²) in [7, 11) is 0. The van der Waals surface area contributed by atoms with Crippen LogP contribution in [-0.2, 0) is 14.2 Å². The first-order valence-corrected chi connectivity index (χ1v) is 14.1. The van der Waals surface area contributed by atoms with E-state index >= 15 is 0 Å². The minimum atomic E-state index is -0.531. The summed E-state index contributed by atoms with van der Waals surface area (Å²) in [6.07, 6.45) is -0.473. The van der Waals surface area contributed by atoms with E-state index in [9.17, 15) is 9.59 Å². The molecule has 0 heterocycles. The van der Waals surface area contributed by atoms with Gasteiger partial charge in [-0.2, -0.15) is 0 Å². The summed E-state index contributed by atoms with van der Waals surface area (Å²) >= 11 is 5.43. The Morgan fingerprint density at radius 2 is 1.17 bits per heavy atom. The summed E-state index contributed by atoms with van der Waals surface area (Å²) in [6, 6.07) is 24.8. The van der Waals surface area contributed by atoms with E-state index in [0.29, 0.717) is 50.2 Å². The average molecular weight is 594 g/mol. The number of anilines is 4. The topological polar surface area (TPSA) is 122 Å². The number of alkyl carbamates (subject to hydrolysis) is 1. The number of hydrogen-bond donors (Lipinski definition) is 5. The Hall–Kier alpha value is -4.19. The summed E-state index contributed by atoms with van der Waals surface area (Å²) in [5.41, 5.74) is 3.60. The SMILES string of the molecule is CC(C)(C)OC(=O)NCCOCCOCCNC(=O)c1ccc(NC(=S)Nc2ccc(Nc3ccccc3)cc2)cc1. The van der Waals surface area contributed by atoms with Gasteiger partial charge in [-0.15, -0.1) is 0 Å². The van der Waals surface area contributed by atoms with Crippen LogP contribution in [0.25, 0.3) is 0 Å². The van der Waals surface area contributed by atoms with Gasteiger partial charge in [-0.3, -0.25) is 4.79 Å². The fourth-order valence-electron chi connectivity index (χ4n) is 3.52. The first-order valence-electron chi connectivity index (χ1n) is 13.7. The Kier molecular flexibility index (Phi) is 13.0. The van der Waals surface area contributed by atoms with Crippen LogP contribution >= 0.6 is 12.2 Å². The van der Waals surface area contributed by atoms with Crippen LogP contribution < -0.4 is 26.6 Å². The van der Waals surface area contributed by atoms with Gasteiger partial charge in [0.2, 0.25) is 0 Å². The van der Waals surface area contributed by atoms with Gasteiger partial charge in [-0.05, 0) is 93.7 Å². The van der Waals surface area contributed by atoms with Crippen molar-refractivity contribution in [2.24, 2.45) is 0 Å². The molecule has 0 aromatic heterocycles. The maximum Gasteiger partial charge on any atom is 0.407 e. The van der Waals surface area contributed by atoms with Gasteiger partial charge in [-0.1, -0.05) is 18.2 Å². The van der Waals surface area contributed by atoms with Crippen molar-refractivity contribution in [3.8, 4) is 0 Å². The van der Waals surface area contributed by atoms with Crippen molar-refractivity contribution in [2.45, 2.75) is 26.4 Å². The summed E-state index contributed by atoms with van der Waals surface area (Å²) in [5.74, 6) is -0.195. The molecule has 0 saturated heterocycles. The highest BCUT2D eigenvalue weighted by Crippen LogP contribution is 2.19. The molecule has 3 rings (SSSR count). The van der Waals surface area contributed by atoms with E-state index in [1.54, 1.807) is 45.0 Å². The van der Waals surface area contributed by atoms with E-state index in [2.05, 4.69) is 26.6 Å². The van der Waals surface area contributed by atoms with Gasteiger partial charge in [0, 0.05) is 41.4 Å². The molecule has 2 amide bonds. The summed E-state index contributed by atoms with van der Waals surface area (Å²) in [6.45, 7) is 7.60. The molecular weight excluding hydrogens is 554 g/mol. The number of ether oxygens (including phenoxy) is 3. The van der Waals surface area contributed by atoms with Crippen molar-refractivity contribution in [1.29, 1.82) is 0 Å². The van der Waals surface area contributed by atoms with Crippen LogP contribution in [-0.4, -0.2) is 62.2 Å². The van der Waals surface area contributed by atoms with E-state index < -0.39 is 11.7 Å². The van der Waals surface area contributed by atoms with Crippen LogP contribution in [0.15, 0.2) is 78.9 Å². The molecule has 0 unspecified atom stereocenters. The molecule has 0 spiro atoms. The normalized spacial score (nSPS) is 10.8. The highest BCUT2D eigenvalue weighted by molar-refractivity contribution is 7.80. The van der Waals surface area contributed by atoms with Crippen LogP contribution in [0.5, 0.6) is 0 Å². The van der Waals surface area contributed by atoms with Crippen molar-refractivity contribution in [3.63, 3.8) is 0 Å². The number of thiocarbonyl (C=S) groups is 1. The van der Waals surface area contributed by atoms with Crippen molar-refractivity contribution < 1.29 is 23.8 Å². The van der Waals surface area contributed by atoms with Crippen LogP contribution in [0.4, 0.5) is 27.5 Å². The lowest BCUT2D eigenvalue weighted by Crippen LogP contribution is -2.34. The molecular formula is C31H39N5O5S. The fourth-order valence-corrected chi connectivity index (χ4v) is 3.76. The van der Waals surface area contributed by atoms with Gasteiger partial charge in [0.1, 0.15) is 5.60 Å². The third kappa shape index (κ3) is 13.0. The van der Waals surface area contributed by atoms with Crippen LogP contribution in [0.1, 0.15) is 31.1 Å². The molecule has 0 aliphatic carbocycles. The molecule has 0 saturated carbocycles. The Labute approximate surface area is 252 Å². The Balaban J connectivity index is 1.25. The summed E-state index contributed by atoms with van der Waals surface area (Å²) in [4.78, 5) is 23.9. The zero-order valence-electron chi connectivity index (χ0n) is 24.2. The number of rotatable bonds is 14. The number of carbonyl (C=O) groups excluding carboxylic acids is 2. The number of hydrogen-bond acceptors (Lipinski definition) is 7. The Bertz CT molecular complexity index is 1270. The molecule has 0 fully saturated rings. The van der Waals surface area contributed by atoms with Gasteiger partial charge in [-0.25, -0.2) is 4.79 Å². The van der Waals surface area contributed by atoms with Crippen LogP contribution in [0.2, 0.25) is 0 Å². The second kappa shape index (κ2) is 16.9. The van der Waals surface area contributed by atoms with Crippen molar-refractivity contribution in [2.75, 3.05) is 55.5 Å². The molecule has 5 N–H and O–H groups in total. The van der Waals surface area contributed by atoms with E-state index in [-0.39, 0.29) is 5.91 Å².